The van der Waals surface area contributed by atoms with Crippen LogP contribution in [0.3, 0.4) is 0 Å². The fraction of sp³-hybridized carbons (Fsp3) is 0.0909. The Balaban J connectivity index is 2.42. The Hall–Kier alpha value is -0.460. The van der Waals surface area contributed by atoms with Crippen LogP contribution in [0.1, 0.15) is 17.2 Å². The third-order valence-electron chi connectivity index (χ3n) is 2.40. The van der Waals surface area contributed by atoms with Gasteiger partial charge in [0.05, 0.1) is 11.1 Å². The predicted octanol–water partition coefficient (Wildman–Crippen LogP) is 3.86. The number of hydrogen-bond acceptors (Lipinski definition) is 3. The lowest BCUT2D eigenvalue weighted by atomic mass is 10.0. The number of nitrogens with two attached hydrogens (primary N) is 1. The molecule has 2 aromatic rings. The summed E-state index contributed by atoms with van der Waals surface area (Å²) in [6, 6.07) is 4.40. The molecule has 0 aliphatic rings. The molecule has 6 heteroatoms. The molecule has 0 spiro atoms. The van der Waals surface area contributed by atoms with Crippen LogP contribution < -0.4 is 11.3 Å². The summed E-state index contributed by atoms with van der Waals surface area (Å²) in [4.78, 5) is 0. The van der Waals surface area contributed by atoms with E-state index >= 15 is 0 Å². The first-order chi connectivity index (χ1) is 8.13. The first-order valence-electron chi connectivity index (χ1n) is 4.76. The molecule has 0 saturated carbocycles. The molecule has 1 atom stereocenters. The van der Waals surface area contributed by atoms with Gasteiger partial charge < -0.3 is 0 Å². The monoisotopic (exact) mass is 334 g/mol. The molecule has 0 fully saturated rings. The van der Waals surface area contributed by atoms with Gasteiger partial charge in [0.1, 0.15) is 5.82 Å². The molecule has 0 amide bonds. The first kappa shape index (κ1) is 13.0. The topological polar surface area (TPSA) is 38.0 Å². The molecule has 0 aliphatic carbocycles. The van der Waals surface area contributed by atoms with E-state index in [0.717, 1.165) is 15.6 Å². The smallest absolute Gasteiger partial charge is 0.142 e. The molecule has 1 aromatic heterocycles. The highest BCUT2D eigenvalue weighted by molar-refractivity contribution is 9.10. The van der Waals surface area contributed by atoms with Crippen LogP contribution in [-0.4, -0.2) is 0 Å². The summed E-state index contributed by atoms with van der Waals surface area (Å²) in [5, 5.41) is 4.02. The van der Waals surface area contributed by atoms with Crippen LogP contribution in [-0.2, 0) is 0 Å². The second-order valence-corrected chi connectivity index (χ2v) is 5.45. The molecule has 2 rings (SSSR count). The van der Waals surface area contributed by atoms with Crippen LogP contribution in [0.15, 0.2) is 33.4 Å². The third kappa shape index (κ3) is 2.69. The molecular weight excluding hydrogens is 327 g/mol. The molecule has 1 unspecified atom stereocenters. The lowest BCUT2D eigenvalue weighted by Gasteiger charge is -2.16. The van der Waals surface area contributed by atoms with E-state index in [2.05, 4.69) is 21.4 Å². The molecule has 0 aliphatic heterocycles. The Kier molecular flexibility index (Phi) is 4.17. The molecule has 17 heavy (non-hydrogen) atoms. The zero-order valence-electron chi connectivity index (χ0n) is 8.58. The zero-order valence-corrected chi connectivity index (χ0v) is 11.7. The van der Waals surface area contributed by atoms with Crippen LogP contribution in [0.5, 0.6) is 0 Å². The van der Waals surface area contributed by atoms with Crippen molar-refractivity contribution in [3.63, 3.8) is 0 Å². The second kappa shape index (κ2) is 5.46. The minimum atomic E-state index is -0.448. The van der Waals surface area contributed by atoms with Crippen molar-refractivity contribution in [2.24, 2.45) is 5.84 Å². The Morgan fingerprint density at radius 2 is 2.18 bits per heavy atom. The SMILES string of the molecule is NNC(c1ccc(Cl)c(F)c1)c1cscc1Br. The molecule has 3 N–H and O–H groups in total. The fourth-order valence-corrected chi connectivity index (χ4v) is 3.22. The summed E-state index contributed by atoms with van der Waals surface area (Å²) >= 11 is 10.6. The summed E-state index contributed by atoms with van der Waals surface area (Å²) in [6.07, 6.45) is 0. The van der Waals surface area contributed by atoms with Crippen molar-refractivity contribution in [3.05, 3.63) is 55.4 Å². The van der Waals surface area contributed by atoms with Crippen molar-refractivity contribution in [1.82, 2.24) is 5.43 Å². The Morgan fingerprint density at radius 3 is 2.71 bits per heavy atom. The minimum absolute atomic E-state index is 0.105. The van der Waals surface area contributed by atoms with Crippen molar-refractivity contribution in [2.45, 2.75) is 6.04 Å². The summed E-state index contributed by atoms with van der Waals surface area (Å²) in [5.74, 6) is 5.08. The fourth-order valence-electron chi connectivity index (χ4n) is 1.55. The quantitative estimate of drug-likeness (QED) is 0.660. The van der Waals surface area contributed by atoms with E-state index in [1.54, 1.807) is 17.4 Å². The highest BCUT2D eigenvalue weighted by atomic mass is 79.9. The summed E-state index contributed by atoms with van der Waals surface area (Å²) in [5.41, 5.74) is 4.38. The predicted molar refractivity (Wildman–Crippen MR) is 72.6 cm³/mol. The van der Waals surface area contributed by atoms with Gasteiger partial charge in [-0.2, -0.15) is 11.3 Å². The van der Waals surface area contributed by atoms with Crippen LogP contribution in [0.2, 0.25) is 5.02 Å². The molecule has 1 heterocycles. The summed E-state index contributed by atoms with van der Waals surface area (Å²) < 4.78 is 14.4. The van der Waals surface area contributed by atoms with Gasteiger partial charge in [-0.1, -0.05) is 17.7 Å². The van der Waals surface area contributed by atoms with Gasteiger partial charge in [0.25, 0.3) is 0 Å². The lowest BCUT2D eigenvalue weighted by Crippen LogP contribution is -2.28. The van der Waals surface area contributed by atoms with E-state index in [-0.39, 0.29) is 11.1 Å². The zero-order chi connectivity index (χ0) is 12.4. The van der Waals surface area contributed by atoms with Crippen molar-refractivity contribution in [1.29, 1.82) is 0 Å². The number of halogens is 3. The average molecular weight is 336 g/mol. The van der Waals surface area contributed by atoms with Crippen LogP contribution in [0.4, 0.5) is 4.39 Å². The maximum Gasteiger partial charge on any atom is 0.142 e. The molecule has 0 radical (unpaired) electrons. The molecule has 1 aromatic carbocycles. The van der Waals surface area contributed by atoms with Gasteiger partial charge in [0.2, 0.25) is 0 Å². The highest BCUT2D eigenvalue weighted by Gasteiger charge is 2.17. The lowest BCUT2D eigenvalue weighted by molar-refractivity contribution is 0.605. The van der Waals surface area contributed by atoms with Gasteiger partial charge >= 0.3 is 0 Å². The van der Waals surface area contributed by atoms with Crippen LogP contribution >= 0.6 is 38.9 Å². The highest BCUT2D eigenvalue weighted by Crippen LogP contribution is 2.32. The van der Waals surface area contributed by atoms with Gasteiger partial charge in [0.15, 0.2) is 0 Å². The third-order valence-corrected chi connectivity index (χ3v) is 4.46. The van der Waals surface area contributed by atoms with Gasteiger partial charge in [-0.15, -0.1) is 0 Å². The van der Waals surface area contributed by atoms with E-state index in [4.69, 9.17) is 17.4 Å². The van der Waals surface area contributed by atoms with Gasteiger partial charge in [-0.05, 0) is 44.6 Å². The largest absolute Gasteiger partial charge is 0.271 e. The van der Waals surface area contributed by atoms with Gasteiger partial charge in [0, 0.05) is 9.85 Å². The van der Waals surface area contributed by atoms with Crippen molar-refractivity contribution in [2.75, 3.05) is 0 Å². The number of rotatable bonds is 3. The number of benzene rings is 1. The second-order valence-electron chi connectivity index (χ2n) is 3.45. The Labute approximate surface area is 116 Å². The number of hydrazine groups is 1. The minimum Gasteiger partial charge on any atom is -0.271 e. The van der Waals surface area contributed by atoms with Crippen molar-refractivity contribution < 1.29 is 4.39 Å². The standard InChI is InChI=1S/C11H9BrClFN2S/c12-8-5-17-4-7(8)11(16-15)6-1-2-9(13)10(14)3-6/h1-5,11,16H,15H2. The van der Waals surface area contributed by atoms with Crippen LogP contribution in [0.25, 0.3) is 0 Å². The maximum absolute atomic E-state index is 13.4. The number of nitrogens with one attached hydrogen (secondary N) is 1. The maximum atomic E-state index is 13.4. The van der Waals surface area contributed by atoms with E-state index in [1.807, 2.05) is 10.8 Å². The normalized spacial score (nSPS) is 12.7. The number of hydrogen-bond donors (Lipinski definition) is 2. The average Bonchev–Trinajstić information content (AvgIpc) is 2.71. The van der Waals surface area contributed by atoms with Crippen molar-refractivity contribution in [3.8, 4) is 0 Å². The Morgan fingerprint density at radius 1 is 1.41 bits per heavy atom. The van der Waals surface area contributed by atoms with Crippen LogP contribution in [0, 0.1) is 5.82 Å². The first-order valence-corrected chi connectivity index (χ1v) is 6.87. The number of thiophene rings is 1. The Bertz CT molecular complexity index is 532. The van der Waals surface area contributed by atoms with Gasteiger partial charge in [-0.25, -0.2) is 9.82 Å². The molecular formula is C11H9BrClFN2S. The van der Waals surface area contributed by atoms with Gasteiger partial charge in [-0.3, -0.25) is 5.84 Å². The van der Waals surface area contributed by atoms with E-state index in [9.17, 15) is 4.39 Å². The van der Waals surface area contributed by atoms with E-state index < -0.39 is 5.82 Å². The molecule has 90 valence electrons. The summed E-state index contributed by atoms with van der Waals surface area (Å²) in [6.45, 7) is 0. The summed E-state index contributed by atoms with van der Waals surface area (Å²) in [7, 11) is 0. The molecule has 0 bridgehead atoms. The molecule has 2 nitrogen and oxygen atoms in total. The van der Waals surface area contributed by atoms with E-state index in [0.29, 0.717) is 0 Å². The molecule has 0 saturated heterocycles. The van der Waals surface area contributed by atoms with E-state index in [1.165, 1.54) is 12.1 Å². The van der Waals surface area contributed by atoms with Crippen molar-refractivity contribution >= 4 is 38.9 Å².